The number of methoxy groups -OCH3 is 2. The molecule has 53 heavy (non-hydrogen) atoms. The summed E-state index contributed by atoms with van der Waals surface area (Å²) in [6.45, 7) is 4.79. The number of rotatable bonds is 19. The van der Waals surface area contributed by atoms with Gasteiger partial charge in [-0.25, -0.2) is 4.58 Å². The molecule has 292 valence electrons. The smallest absolute Gasteiger partial charge is 0.303 e. The number of anilines is 1. The molecule has 0 saturated heterocycles. The van der Waals surface area contributed by atoms with Crippen molar-refractivity contribution in [3.63, 3.8) is 0 Å². The lowest BCUT2D eigenvalue weighted by molar-refractivity contribution is -0.137. The van der Waals surface area contributed by atoms with Crippen molar-refractivity contribution >= 4 is 38.0 Å². The first kappa shape index (κ1) is 43.5. The number of carboxylic acid groups (broad SMARTS) is 1. The van der Waals surface area contributed by atoms with Crippen LogP contribution >= 0.6 is 0 Å². The zero-order valence-electron chi connectivity index (χ0n) is 30.6. The van der Waals surface area contributed by atoms with E-state index >= 15 is 0 Å². The largest absolute Gasteiger partial charge is 0.481 e. The van der Waals surface area contributed by atoms with Gasteiger partial charge < -0.3 is 29.0 Å². The Balaban J connectivity index is 0.00000372. The number of hydrogen-bond donors (Lipinski definition) is 4. The Kier molecular flexibility index (Phi) is 16.4. The fraction of sp³-hybridized carbons (Fsp3) is 0.459. The second-order valence-corrected chi connectivity index (χ2v) is 15.7. The van der Waals surface area contributed by atoms with Gasteiger partial charge in [-0.1, -0.05) is 18.6 Å². The molecule has 1 aliphatic carbocycles. The molecule has 0 spiro atoms. The van der Waals surface area contributed by atoms with Gasteiger partial charge in [0.2, 0.25) is 5.36 Å². The minimum Gasteiger partial charge on any atom is -0.481 e. The number of ether oxygens (including phenoxy) is 2. The van der Waals surface area contributed by atoms with E-state index in [1.807, 2.05) is 54.3 Å². The Bertz CT molecular complexity index is 2000. The van der Waals surface area contributed by atoms with Gasteiger partial charge in [0.1, 0.15) is 19.0 Å². The fourth-order valence-corrected chi connectivity index (χ4v) is 7.52. The van der Waals surface area contributed by atoms with Gasteiger partial charge in [-0.3, -0.25) is 13.9 Å². The summed E-state index contributed by atoms with van der Waals surface area (Å²) in [6, 6.07) is 12.2. The zero-order valence-corrected chi connectivity index (χ0v) is 32.2. The highest BCUT2D eigenvalue weighted by Crippen LogP contribution is 2.51. The van der Waals surface area contributed by atoms with Crippen LogP contribution < -0.4 is 14.8 Å². The van der Waals surface area contributed by atoms with E-state index in [0.717, 1.165) is 29.3 Å². The molecule has 1 aromatic carbocycles. The number of aliphatic hydroxyl groups is 1. The predicted octanol–water partition coefficient (Wildman–Crippen LogP) is 4.29. The van der Waals surface area contributed by atoms with E-state index in [1.54, 1.807) is 26.5 Å². The maximum atomic E-state index is 12.2. The molecule has 0 aromatic heterocycles. The number of benzene rings is 2. The lowest BCUT2D eigenvalue weighted by atomic mass is 9.77. The average molecular weight is 780 g/mol. The Hall–Kier alpha value is -3.90. The van der Waals surface area contributed by atoms with Gasteiger partial charge in [-0.15, -0.1) is 0 Å². The van der Waals surface area contributed by atoms with Crippen LogP contribution in [0.5, 0.6) is 0 Å². The second-order valence-electron chi connectivity index (χ2n) is 12.7. The Morgan fingerprint density at radius 1 is 0.943 bits per heavy atom. The quantitative estimate of drug-likeness (QED) is 0.0763. The molecule has 16 heteroatoms. The van der Waals surface area contributed by atoms with Crippen LogP contribution in [0.15, 0.2) is 75.9 Å². The highest BCUT2D eigenvalue weighted by molar-refractivity contribution is 7.86. The summed E-state index contributed by atoms with van der Waals surface area (Å²) in [4.78, 5) is 12.8. The molecule has 1 aromatic rings. The van der Waals surface area contributed by atoms with Gasteiger partial charge in [0, 0.05) is 62.7 Å². The van der Waals surface area contributed by atoms with Crippen molar-refractivity contribution in [1.82, 2.24) is 4.58 Å². The monoisotopic (exact) mass is 779 g/mol. The van der Waals surface area contributed by atoms with Crippen LogP contribution in [0.2, 0.25) is 0 Å². The van der Waals surface area contributed by atoms with Crippen LogP contribution in [-0.4, -0.2) is 102 Å². The summed E-state index contributed by atoms with van der Waals surface area (Å²) in [7, 11) is -4.49. The lowest BCUT2D eigenvalue weighted by Crippen LogP contribution is -2.35. The summed E-state index contributed by atoms with van der Waals surface area (Å²) in [5.41, 5.74) is 2.86. The number of unbranched alkanes of at least 4 members (excludes halogenated alkanes) is 2. The van der Waals surface area contributed by atoms with Gasteiger partial charge in [-0.05, 0) is 80.1 Å². The molecule has 0 saturated carbocycles. The first-order valence-corrected chi connectivity index (χ1v) is 20.2. The molecule has 2 aliphatic heterocycles. The second kappa shape index (κ2) is 20.0. The summed E-state index contributed by atoms with van der Waals surface area (Å²) < 4.78 is 85.7. The van der Waals surface area contributed by atoms with Crippen LogP contribution in [0.3, 0.4) is 0 Å². The SMILES string of the molecule is CO.COCC[N+](CCOC)=c1ccc2c(/C=C/C=C3/N(CCCCCC(=O)O)c4ccc(S(=O)(=O)O)cc4C3(C)CCCS(=O)(=O)O)ccoc-2c1. The number of carboxylic acids is 1. The number of nitrogens with zero attached hydrogens (tertiary/aromatic N) is 2. The van der Waals surface area contributed by atoms with E-state index in [0.29, 0.717) is 69.1 Å². The van der Waals surface area contributed by atoms with Crippen molar-refractivity contribution in [3.05, 3.63) is 83.1 Å². The average Bonchev–Trinajstić information content (AvgIpc) is 3.34. The number of aliphatic carboxylic acids is 1. The standard InChI is InChI=1S/C36H46N2O11S2.CH4O/c1-36(17-8-24-50(41,42)43)31-26-29(51(44,45)46)13-15-32(31)38(18-6-4-5-11-35(39)40)34(36)10-7-9-27-16-21-49-33-25-28(12-14-30(27)33)37(19-22-47-2)20-23-48-3;1-2/h7,9-10,12-16,21,25-26H,4-6,8,11,17-20,22-24H2,1-3H3,(H2-,39,40,41,42,43,44,45,46);2H,1H3/p+1. The highest BCUT2D eigenvalue weighted by atomic mass is 32.2. The molecule has 0 bridgehead atoms. The van der Waals surface area contributed by atoms with Gasteiger partial charge in [0.25, 0.3) is 20.2 Å². The first-order chi connectivity index (χ1) is 25.2. The number of aliphatic hydroxyl groups excluding tert-OH is 1. The molecule has 0 amide bonds. The molecular formula is C37H51N2O12S2+. The van der Waals surface area contributed by atoms with Crippen LogP contribution in [0.1, 0.15) is 56.6 Å². The van der Waals surface area contributed by atoms with E-state index in [9.17, 15) is 30.7 Å². The maximum Gasteiger partial charge on any atom is 0.303 e. The molecule has 0 fully saturated rings. The van der Waals surface area contributed by atoms with E-state index in [1.165, 1.54) is 12.1 Å². The molecule has 2 heterocycles. The molecule has 14 nitrogen and oxygen atoms in total. The number of fused-ring (bicyclic) bond motifs is 2. The zero-order chi connectivity index (χ0) is 39.2. The Labute approximate surface area is 311 Å². The van der Waals surface area contributed by atoms with Gasteiger partial charge in [0.05, 0.1) is 23.0 Å². The van der Waals surface area contributed by atoms with Crippen molar-refractivity contribution < 1.29 is 54.8 Å². The van der Waals surface area contributed by atoms with Crippen molar-refractivity contribution in [1.29, 1.82) is 0 Å². The van der Waals surface area contributed by atoms with Crippen LogP contribution in [0.4, 0.5) is 5.69 Å². The van der Waals surface area contributed by atoms with Crippen LogP contribution in [0.25, 0.3) is 17.4 Å². The molecule has 3 aliphatic rings. The van der Waals surface area contributed by atoms with Crippen molar-refractivity contribution in [2.45, 2.75) is 55.8 Å². The minimum absolute atomic E-state index is 0.0459. The highest BCUT2D eigenvalue weighted by Gasteiger charge is 2.43. The molecule has 0 radical (unpaired) electrons. The maximum absolute atomic E-state index is 12.2. The third kappa shape index (κ3) is 12.1. The van der Waals surface area contributed by atoms with E-state index in [2.05, 4.69) is 4.58 Å². The van der Waals surface area contributed by atoms with Gasteiger partial charge >= 0.3 is 5.97 Å². The summed E-state index contributed by atoms with van der Waals surface area (Å²) in [5, 5.41) is 17.0. The normalized spacial score (nSPS) is 16.6. The minimum atomic E-state index is -4.55. The summed E-state index contributed by atoms with van der Waals surface area (Å²) in [5.74, 6) is -0.682. The Morgan fingerprint density at radius 2 is 1.64 bits per heavy atom. The van der Waals surface area contributed by atoms with E-state index < -0.39 is 37.4 Å². The van der Waals surface area contributed by atoms with Crippen LogP contribution in [0, 0.1) is 0 Å². The first-order valence-electron chi connectivity index (χ1n) is 17.2. The van der Waals surface area contributed by atoms with E-state index in [-0.39, 0.29) is 24.2 Å². The summed E-state index contributed by atoms with van der Waals surface area (Å²) >= 11 is 0. The molecule has 1 atom stereocenters. The summed E-state index contributed by atoms with van der Waals surface area (Å²) in [6.07, 6.45) is 9.44. The van der Waals surface area contributed by atoms with Crippen LogP contribution in [-0.2, 0) is 39.9 Å². The third-order valence-corrected chi connectivity index (χ3v) is 10.8. The van der Waals surface area contributed by atoms with Gasteiger partial charge in [-0.2, -0.15) is 16.8 Å². The molecule has 1 unspecified atom stereocenters. The number of hydrogen-bond acceptors (Lipinski definition) is 10. The van der Waals surface area contributed by atoms with Gasteiger partial charge in [0.15, 0.2) is 13.1 Å². The van der Waals surface area contributed by atoms with Crippen molar-refractivity contribution in [2.24, 2.45) is 0 Å². The van der Waals surface area contributed by atoms with E-state index in [4.69, 9.17) is 24.1 Å². The fourth-order valence-electron chi connectivity index (χ4n) is 6.50. The topological polar surface area (TPSA) is 204 Å². The molecular weight excluding hydrogens is 729 g/mol. The Morgan fingerprint density at radius 3 is 2.26 bits per heavy atom. The lowest BCUT2D eigenvalue weighted by Gasteiger charge is -2.30. The number of carbonyl (C=O) groups is 1. The number of allylic oxidation sites excluding steroid dienone is 3. The van der Waals surface area contributed by atoms with Crippen molar-refractivity contribution in [3.8, 4) is 11.3 Å². The van der Waals surface area contributed by atoms with Crippen molar-refractivity contribution in [2.75, 3.05) is 64.8 Å². The molecule has 4 N–H and O–H groups in total. The third-order valence-electron chi connectivity index (χ3n) is 9.10. The predicted molar refractivity (Wildman–Crippen MR) is 202 cm³/mol. The molecule has 4 rings (SSSR count).